The van der Waals surface area contributed by atoms with Gasteiger partial charge in [0.2, 0.25) is 5.82 Å². The largest absolute Gasteiger partial charge is 0.450 e. The number of alkyl halides is 3. The summed E-state index contributed by atoms with van der Waals surface area (Å²) in [5.41, 5.74) is 6.60. The van der Waals surface area contributed by atoms with Crippen LogP contribution < -0.4 is 5.73 Å². The summed E-state index contributed by atoms with van der Waals surface area (Å²) < 4.78 is 38.5. The molecular formula is C9H8F3N3. The van der Waals surface area contributed by atoms with Gasteiger partial charge in [0.25, 0.3) is 0 Å². The molecule has 2 N–H and O–H groups in total. The van der Waals surface area contributed by atoms with Crippen molar-refractivity contribution in [2.75, 3.05) is 5.73 Å². The molecule has 0 aliphatic rings. The van der Waals surface area contributed by atoms with Crippen molar-refractivity contribution in [1.82, 2.24) is 9.38 Å². The van der Waals surface area contributed by atoms with Crippen molar-refractivity contribution in [2.24, 2.45) is 0 Å². The zero-order valence-electron chi connectivity index (χ0n) is 7.84. The average Bonchev–Trinajstić information content (AvgIpc) is 2.43. The number of nitrogens with two attached hydrogens (primary N) is 1. The SMILES string of the molecule is Cc1nc(C(F)(F)F)n2ccc(N)cc12. The van der Waals surface area contributed by atoms with E-state index in [0.717, 1.165) is 4.40 Å². The number of pyridine rings is 1. The number of halogens is 3. The van der Waals surface area contributed by atoms with Crippen LogP contribution in [0.15, 0.2) is 18.3 Å². The van der Waals surface area contributed by atoms with Gasteiger partial charge < -0.3 is 5.73 Å². The van der Waals surface area contributed by atoms with Gasteiger partial charge in [-0.3, -0.25) is 4.40 Å². The number of imidazole rings is 1. The third-order valence-electron chi connectivity index (χ3n) is 2.11. The van der Waals surface area contributed by atoms with Gasteiger partial charge in [0.15, 0.2) is 0 Å². The van der Waals surface area contributed by atoms with Crippen molar-refractivity contribution in [3.8, 4) is 0 Å². The molecule has 0 aliphatic carbocycles. The Morgan fingerprint density at radius 3 is 2.67 bits per heavy atom. The summed E-state index contributed by atoms with van der Waals surface area (Å²) in [5, 5.41) is 0. The fraction of sp³-hybridized carbons (Fsp3) is 0.222. The quantitative estimate of drug-likeness (QED) is 0.732. The summed E-state index contributed by atoms with van der Waals surface area (Å²) in [6.45, 7) is 1.52. The summed E-state index contributed by atoms with van der Waals surface area (Å²) in [5.74, 6) is -0.921. The van der Waals surface area contributed by atoms with E-state index in [4.69, 9.17) is 5.73 Å². The van der Waals surface area contributed by atoms with E-state index in [1.54, 1.807) is 0 Å². The number of aromatic nitrogens is 2. The summed E-state index contributed by atoms with van der Waals surface area (Å²) in [6.07, 6.45) is -3.18. The highest BCUT2D eigenvalue weighted by molar-refractivity contribution is 5.60. The fourth-order valence-corrected chi connectivity index (χ4v) is 1.45. The first-order valence-corrected chi connectivity index (χ1v) is 4.21. The van der Waals surface area contributed by atoms with E-state index >= 15 is 0 Å². The Labute approximate surface area is 83.3 Å². The molecule has 0 aromatic carbocycles. The highest BCUT2D eigenvalue weighted by Gasteiger charge is 2.36. The number of hydrogen-bond acceptors (Lipinski definition) is 2. The van der Waals surface area contributed by atoms with Crippen molar-refractivity contribution in [3.05, 3.63) is 29.8 Å². The van der Waals surface area contributed by atoms with Gasteiger partial charge in [-0.1, -0.05) is 0 Å². The molecule has 0 unspecified atom stereocenters. The van der Waals surface area contributed by atoms with Crippen LogP contribution in [0.3, 0.4) is 0 Å². The zero-order valence-corrected chi connectivity index (χ0v) is 7.84. The minimum atomic E-state index is -4.45. The van der Waals surface area contributed by atoms with E-state index in [2.05, 4.69) is 4.98 Å². The number of rotatable bonds is 0. The summed E-state index contributed by atoms with van der Waals surface area (Å²) in [6, 6.07) is 2.88. The number of hydrogen-bond donors (Lipinski definition) is 1. The van der Waals surface area contributed by atoms with Gasteiger partial charge in [0.1, 0.15) is 0 Å². The smallest absolute Gasteiger partial charge is 0.399 e. The molecule has 0 fully saturated rings. The Balaban J connectivity index is 2.79. The van der Waals surface area contributed by atoms with Crippen molar-refractivity contribution in [3.63, 3.8) is 0 Å². The van der Waals surface area contributed by atoms with Crippen molar-refractivity contribution in [1.29, 1.82) is 0 Å². The molecule has 2 heterocycles. The number of fused-ring (bicyclic) bond motifs is 1. The van der Waals surface area contributed by atoms with Gasteiger partial charge in [-0.2, -0.15) is 13.2 Å². The average molecular weight is 215 g/mol. The molecular weight excluding hydrogens is 207 g/mol. The van der Waals surface area contributed by atoms with Crippen molar-refractivity contribution in [2.45, 2.75) is 13.1 Å². The van der Waals surface area contributed by atoms with Crippen LogP contribution in [-0.4, -0.2) is 9.38 Å². The molecule has 0 saturated carbocycles. The molecule has 0 aliphatic heterocycles. The first-order valence-electron chi connectivity index (χ1n) is 4.21. The highest BCUT2D eigenvalue weighted by Crippen LogP contribution is 2.30. The lowest BCUT2D eigenvalue weighted by molar-refractivity contribution is -0.145. The number of aryl methyl sites for hydroxylation is 1. The topological polar surface area (TPSA) is 43.3 Å². The molecule has 0 atom stereocenters. The second-order valence-electron chi connectivity index (χ2n) is 3.23. The van der Waals surface area contributed by atoms with Crippen molar-refractivity contribution < 1.29 is 13.2 Å². The van der Waals surface area contributed by atoms with Crippen LogP contribution in [0.25, 0.3) is 5.52 Å². The number of nitrogen functional groups attached to an aromatic ring is 1. The first-order chi connectivity index (χ1) is 6.89. The Morgan fingerprint density at radius 2 is 2.07 bits per heavy atom. The Morgan fingerprint density at radius 1 is 1.40 bits per heavy atom. The molecule has 2 aromatic rings. The van der Waals surface area contributed by atoms with Gasteiger partial charge in [-0.25, -0.2) is 4.98 Å². The first kappa shape index (κ1) is 9.82. The lowest BCUT2D eigenvalue weighted by atomic mass is 10.3. The molecule has 0 amide bonds. The predicted molar refractivity (Wildman–Crippen MR) is 49.3 cm³/mol. The molecule has 80 valence electrons. The van der Waals surface area contributed by atoms with E-state index < -0.39 is 12.0 Å². The summed E-state index contributed by atoms with van der Waals surface area (Å²) in [7, 11) is 0. The summed E-state index contributed by atoms with van der Waals surface area (Å²) >= 11 is 0. The second kappa shape index (κ2) is 2.88. The van der Waals surface area contributed by atoms with Gasteiger partial charge in [0.05, 0.1) is 11.2 Å². The van der Waals surface area contributed by atoms with E-state index in [0.29, 0.717) is 16.9 Å². The Hall–Kier alpha value is -1.72. The predicted octanol–water partition coefficient (Wildman–Crippen LogP) is 2.24. The summed E-state index contributed by atoms with van der Waals surface area (Å²) in [4.78, 5) is 3.48. The van der Waals surface area contributed by atoms with Crippen LogP contribution in [0, 0.1) is 6.92 Å². The van der Waals surface area contributed by atoms with E-state index in [9.17, 15) is 13.2 Å². The second-order valence-corrected chi connectivity index (χ2v) is 3.23. The van der Waals surface area contributed by atoms with Crippen molar-refractivity contribution >= 4 is 11.2 Å². The lowest BCUT2D eigenvalue weighted by Gasteiger charge is -2.04. The maximum atomic E-state index is 12.5. The van der Waals surface area contributed by atoms with E-state index in [1.165, 1.54) is 25.3 Å². The fourth-order valence-electron chi connectivity index (χ4n) is 1.45. The molecule has 3 nitrogen and oxygen atoms in total. The van der Waals surface area contributed by atoms with E-state index in [1.807, 2.05) is 0 Å². The number of anilines is 1. The molecule has 0 radical (unpaired) electrons. The molecule has 2 aromatic heterocycles. The molecule has 6 heteroatoms. The molecule has 0 bridgehead atoms. The van der Waals surface area contributed by atoms with E-state index in [-0.39, 0.29) is 0 Å². The monoisotopic (exact) mass is 215 g/mol. The highest BCUT2D eigenvalue weighted by atomic mass is 19.4. The van der Waals surface area contributed by atoms with Gasteiger partial charge in [0, 0.05) is 11.9 Å². The third-order valence-corrected chi connectivity index (χ3v) is 2.11. The third kappa shape index (κ3) is 1.51. The maximum absolute atomic E-state index is 12.5. The van der Waals surface area contributed by atoms with Crippen LogP contribution in [0.5, 0.6) is 0 Å². The normalized spacial score (nSPS) is 12.3. The van der Waals surface area contributed by atoms with Gasteiger partial charge >= 0.3 is 6.18 Å². The minimum Gasteiger partial charge on any atom is -0.399 e. The van der Waals surface area contributed by atoms with Crippen LogP contribution in [-0.2, 0) is 6.18 Å². The molecule has 15 heavy (non-hydrogen) atoms. The van der Waals surface area contributed by atoms with Crippen LogP contribution in [0.1, 0.15) is 11.5 Å². The molecule has 2 rings (SSSR count). The zero-order chi connectivity index (χ0) is 11.2. The Bertz CT molecular complexity index is 513. The van der Waals surface area contributed by atoms with Crippen LogP contribution in [0.4, 0.5) is 18.9 Å². The Kier molecular flexibility index (Phi) is 1.89. The number of nitrogens with zero attached hydrogens (tertiary/aromatic N) is 2. The minimum absolute atomic E-state index is 0.314. The van der Waals surface area contributed by atoms with Gasteiger partial charge in [-0.05, 0) is 19.1 Å². The molecule has 0 saturated heterocycles. The molecule has 0 spiro atoms. The van der Waals surface area contributed by atoms with Gasteiger partial charge in [-0.15, -0.1) is 0 Å². The maximum Gasteiger partial charge on any atom is 0.450 e. The van der Waals surface area contributed by atoms with Crippen LogP contribution in [0.2, 0.25) is 0 Å². The lowest BCUT2D eigenvalue weighted by Crippen LogP contribution is -2.10. The van der Waals surface area contributed by atoms with Crippen LogP contribution >= 0.6 is 0 Å². The standard InChI is InChI=1S/C9H8F3N3/c1-5-7-4-6(13)2-3-15(7)8(14-5)9(10,11)12/h2-4H,13H2,1H3.